The van der Waals surface area contributed by atoms with Crippen LogP contribution in [0.25, 0.3) is 5.65 Å². The highest BCUT2D eigenvalue weighted by atomic mass is 16.5. The van der Waals surface area contributed by atoms with Gasteiger partial charge in [0.1, 0.15) is 0 Å². The van der Waals surface area contributed by atoms with Crippen molar-refractivity contribution < 1.29 is 14.3 Å². The predicted octanol–water partition coefficient (Wildman–Crippen LogP) is 0.231. The quantitative estimate of drug-likeness (QED) is 0.593. The Labute approximate surface area is 96.4 Å². The topological polar surface area (TPSA) is 85.6 Å². The first kappa shape index (κ1) is 11.1. The van der Waals surface area contributed by atoms with Crippen LogP contribution in [-0.2, 0) is 14.3 Å². The predicted molar refractivity (Wildman–Crippen MR) is 58.2 cm³/mol. The normalized spacial score (nSPS) is 10.2. The monoisotopic (exact) mass is 234 g/mol. The fraction of sp³-hybridized carbons (Fsp3) is 0.200. The number of hydrogen-bond acceptors (Lipinski definition) is 5. The number of nitrogens with zero attached hydrogens (tertiary/aromatic N) is 3. The van der Waals surface area contributed by atoms with Gasteiger partial charge >= 0.3 is 11.9 Å². The molecule has 0 saturated heterocycles. The van der Waals surface area contributed by atoms with Crippen molar-refractivity contribution in [1.82, 2.24) is 14.6 Å². The average molecular weight is 234 g/mol. The average Bonchev–Trinajstić information content (AvgIpc) is 2.73. The van der Waals surface area contributed by atoms with Gasteiger partial charge in [0, 0.05) is 6.20 Å². The van der Waals surface area contributed by atoms with Gasteiger partial charge in [-0.15, -0.1) is 10.2 Å². The van der Waals surface area contributed by atoms with E-state index in [0.29, 0.717) is 5.65 Å². The molecule has 2 aromatic rings. The molecule has 0 aromatic carbocycles. The molecule has 1 amide bonds. The number of ether oxygens (including phenoxy) is 1. The minimum atomic E-state index is -0.944. The molecule has 0 spiro atoms. The Balaban J connectivity index is 2.19. The van der Waals surface area contributed by atoms with Gasteiger partial charge in [-0.05, 0) is 19.1 Å². The maximum Gasteiger partial charge on any atom is 0.397 e. The molecule has 0 saturated carbocycles. The summed E-state index contributed by atoms with van der Waals surface area (Å²) in [4.78, 5) is 22.5. The van der Waals surface area contributed by atoms with E-state index in [1.165, 1.54) is 0 Å². The van der Waals surface area contributed by atoms with Crippen LogP contribution in [0.2, 0.25) is 0 Å². The van der Waals surface area contributed by atoms with Crippen molar-refractivity contribution in [2.75, 3.05) is 11.9 Å². The van der Waals surface area contributed by atoms with Gasteiger partial charge in [-0.3, -0.25) is 14.5 Å². The number of rotatable bonds is 2. The Bertz CT molecular complexity index is 563. The van der Waals surface area contributed by atoms with Crippen LogP contribution in [0.3, 0.4) is 0 Å². The number of fused-ring (bicyclic) bond motifs is 1. The summed E-state index contributed by atoms with van der Waals surface area (Å²) in [5.41, 5.74) is 0.576. The third-order valence-corrected chi connectivity index (χ3v) is 2.00. The van der Waals surface area contributed by atoms with Crippen molar-refractivity contribution in [3.05, 3.63) is 24.4 Å². The van der Waals surface area contributed by atoms with E-state index >= 15 is 0 Å². The number of aromatic nitrogens is 3. The number of amides is 1. The molecule has 0 unspecified atom stereocenters. The molecular weight excluding hydrogens is 224 g/mol. The zero-order valence-corrected chi connectivity index (χ0v) is 9.08. The van der Waals surface area contributed by atoms with E-state index in [1.807, 2.05) is 0 Å². The van der Waals surface area contributed by atoms with E-state index < -0.39 is 11.9 Å². The molecule has 7 heteroatoms. The SMILES string of the molecule is CCOC(=O)C(=O)Nc1nnc2ccccn12. The third-order valence-electron chi connectivity index (χ3n) is 2.00. The zero-order valence-electron chi connectivity index (χ0n) is 9.08. The number of esters is 1. The van der Waals surface area contributed by atoms with Crippen LogP contribution >= 0.6 is 0 Å². The largest absolute Gasteiger partial charge is 0.459 e. The molecule has 0 atom stereocenters. The number of anilines is 1. The van der Waals surface area contributed by atoms with E-state index in [2.05, 4.69) is 20.3 Å². The van der Waals surface area contributed by atoms with E-state index in [9.17, 15) is 9.59 Å². The van der Waals surface area contributed by atoms with Crippen molar-refractivity contribution in [2.24, 2.45) is 0 Å². The fourth-order valence-electron chi connectivity index (χ4n) is 1.28. The number of carbonyl (C=O) groups excluding carboxylic acids is 2. The van der Waals surface area contributed by atoms with E-state index in [4.69, 9.17) is 0 Å². The van der Waals surface area contributed by atoms with Gasteiger partial charge in [-0.1, -0.05) is 6.07 Å². The van der Waals surface area contributed by atoms with Gasteiger partial charge in [-0.25, -0.2) is 4.79 Å². The maximum atomic E-state index is 11.4. The van der Waals surface area contributed by atoms with Gasteiger partial charge in [-0.2, -0.15) is 0 Å². The fourth-order valence-corrected chi connectivity index (χ4v) is 1.28. The number of carbonyl (C=O) groups is 2. The van der Waals surface area contributed by atoms with Gasteiger partial charge in [0.2, 0.25) is 5.95 Å². The summed E-state index contributed by atoms with van der Waals surface area (Å²) in [7, 11) is 0. The Kier molecular flexibility index (Phi) is 2.99. The van der Waals surface area contributed by atoms with Crippen molar-refractivity contribution in [3.63, 3.8) is 0 Å². The lowest BCUT2D eigenvalue weighted by Crippen LogP contribution is -2.26. The number of pyridine rings is 1. The van der Waals surface area contributed by atoms with E-state index in [0.717, 1.165) is 0 Å². The summed E-state index contributed by atoms with van der Waals surface area (Å²) < 4.78 is 6.11. The first-order valence-corrected chi connectivity index (χ1v) is 5.00. The van der Waals surface area contributed by atoms with Crippen molar-refractivity contribution in [2.45, 2.75) is 6.92 Å². The summed E-state index contributed by atoms with van der Waals surface area (Å²) in [6, 6.07) is 5.28. The molecule has 17 heavy (non-hydrogen) atoms. The van der Waals surface area contributed by atoms with Crippen LogP contribution in [0.5, 0.6) is 0 Å². The molecule has 88 valence electrons. The van der Waals surface area contributed by atoms with Crippen LogP contribution in [-0.4, -0.2) is 33.1 Å². The minimum absolute atomic E-state index is 0.146. The molecular formula is C10H10N4O3. The Morgan fingerprint density at radius 2 is 2.24 bits per heavy atom. The second-order valence-electron chi connectivity index (χ2n) is 3.13. The Morgan fingerprint density at radius 3 is 3.00 bits per heavy atom. The molecule has 0 aliphatic carbocycles. The van der Waals surface area contributed by atoms with Crippen molar-refractivity contribution in [1.29, 1.82) is 0 Å². The zero-order chi connectivity index (χ0) is 12.3. The molecule has 0 aliphatic heterocycles. The highest BCUT2D eigenvalue weighted by molar-refractivity contribution is 6.37. The number of hydrogen-bond donors (Lipinski definition) is 1. The Hall–Kier alpha value is -2.44. The molecule has 0 bridgehead atoms. The molecule has 7 nitrogen and oxygen atoms in total. The van der Waals surface area contributed by atoms with Crippen LogP contribution in [0.4, 0.5) is 5.95 Å². The summed E-state index contributed by atoms with van der Waals surface area (Å²) in [5.74, 6) is -1.64. The molecule has 2 rings (SSSR count). The molecule has 0 aliphatic rings. The Morgan fingerprint density at radius 1 is 1.41 bits per heavy atom. The van der Waals surface area contributed by atoms with Gasteiger partial charge in [0.15, 0.2) is 5.65 Å². The van der Waals surface area contributed by atoms with Gasteiger partial charge in [0.25, 0.3) is 0 Å². The molecule has 2 aromatic heterocycles. The van der Waals surface area contributed by atoms with Gasteiger partial charge < -0.3 is 4.74 Å². The van der Waals surface area contributed by atoms with Crippen LogP contribution in [0.15, 0.2) is 24.4 Å². The third kappa shape index (κ3) is 2.22. The highest BCUT2D eigenvalue weighted by Crippen LogP contribution is 2.07. The first-order chi connectivity index (χ1) is 8.22. The smallest absolute Gasteiger partial charge is 0.397 e. The maximum absolute atomic E-state index is 11.4. The molecule has 1 N–H and O–H groups in total. The number of nitrogens with one attached hydrogen (secondary N) is 1. The summed E-state index contributed by atoms with van der Waals surface area (Å²) >= 11 is 0. The second kappa shape index (κ2) is 4.60. The highest BCUT2D eigenvalue weighted by Gasteiger charge is 2.17. The minimum Gasteiger partial charge on any atom is -0.459 e. The van der Waals surface area contributed by atoms with Crippen LogP contribution in [0.1, 0.15) is 6.92 Å². The van der Waals surface area contributed by atoms with E-state index in [-0.39, 0.29) is 12.6 Å². The van der Waals surface area contributed by atoms with Crippen molar-refractivity contribution in [3.8, 4) is 0 Å². The van der Waals surface area contributed by atoms with Crippen LogP contribution in [0, 0.1) is 0 Å². The first-order valence-electron chi connectivity index (χ1n) is 5.00. The molecule has 0 fully saturated rings. The lowest BCUT2D eigenvalue weighted by Gasteiger charge is -2.02. The summed E-state index contributed by atoms with van der Waals surface area (Å²) in [6.45, 7) is 1.77. The molecule has 0 radical (unpaired) electrons. The standard InChI is InChI=1S/C10H10N4O3/c1-2-17-9(16)8(15)11-10-13-12-7-5-3-4-6-14(7)10/h3-6H,2H2,1H3,(H,11,13,15). The summed E-state index contributed by atoms with van der Waals surface area (Å²) in [6.07, 6.45) is 1.68. The second-order valence-corrected chi connectivity index (χ2v) is 3.13. The van der Waals surface area contributed by atoms with Crippen molar-refractivity contribution >= 4 is 23.5 Å². The lowest BCUT2D eigenvalue weighted by atomic mass is 10.5. The van der Waals surface area contributed by atoms with Crippen LogP contribution < -0.4 is 5.32 Å². The summed E-state index contributed by atoms with van der Waals surface area (Å²) in [5, 5.41) is 9.90. The molecule has 2 heterocycles. The van der Waals surface area contributed by atoms with Gasteiger partial charge in [0.05, 0.1) is 6.61 Å². The van der Waals surface area contributed by atoms with E-state index in [1.54, 1.807) is 35.7 Å². The lowest BCUT2D eigenvalue weighted by molar-refractivity contribution is -0.152.